The normalized spacial score (nSPS) is 21.8. The summed E-state index contributed by atoms with van der Waals surface area (Å²) in [6.07, 6.45) is 1.65. The Hall–Kier alpha value is -1.31. The van der Waals surface area contributed by atoms with Crippen molar-refractivity contribution in [3.8, 4) is 5.75 Å². The van der Waals surface area contributed by atoms with Gasteiger partial charge in [-0.2, -0.15) is 0 Å². The summed E-state index contributed by atoms with van der Waals surface area (Å²) >= 11 is 0. The van der Waals surface area contributed by atoms with E-state index < -0.39 is 10.0 Å². The van der Waals surface area contributed by atoms with Gasteiger partial charge in [0.15, 0.2) is 0 Å². The van der Waals surface area contributed by atoms with Crippen LogP contribution in [0.3, 0.4) is 0 Å². The first-order valence-electron chi connectivity index (χ1n) is 7.09. The maximum absolute atomic E-state index is 11.9. The molecule has 1 saturated carbocycles. The van der Waals surface area contributed by atoms with Gasteiger partial charge in [-0.05, 0) is 31.9 Å². The summed E-state index contributed by atoms with van der Waals surface area (Å²) in [4.78, 5) is 0. The summed E-state index contributed by atoms with van der Waals surface area (Å²) in [5.41, 5.74) is 6.22. The Labute approximate surface area is 125 Å². The topological polar surface area (TPSA) is 90.6 Å². The van der Waals surface area contributed by atoms with Gasteiger partial charge in [0.25, 0.3) is 0 Å². The number of ether oxygens (including phenoxy) is 2. The van der Waals surface area contributed by atoms with Crippen LogP contribution in [0.5, 0.6) is 5.75 Å². The average molecular weight is 314 g/mol. The van der Waals surface area contributed by atoms with Crippen molar-refractivity contribution in [1.29, 1.82) is 0 Å². The lowest BCUT2D eigenvalue weighted by Crippen LogP contribution is -2.48. The van der Waals surface area contributed by atoms with E-state index in [9.17, 15) is 8.42 Å². The summed E-state index contributed by atoms with van der Waals surface area (Å²) < 4.78 is 37.3. The molecule has 1 fully saturated rings. The minimum Gasteiger partial charge on any atom is -0.490 e. The number of benzene rings is 1. The second-order valence-electron chi connectivity index (χ2n) is 5.07. The Bertz CT molecular complexity index is 556. The molecule has 0 unspecified atom stereocenters. The molecule has 6 nitrogen and oxygen atoms in total. The molecule has 0 radical (unpaired) electrons. The van der Waals surface area contributed by atoms with Crippen molar-refractivity contribution in [1.82, 2.24) is 4.72 Å². The van der Waals surface area contributed by atoms with Gasteiger partial charge in [-0.1, -0.05) is 12.1 Å². The molecule has 1 aliphatic rings. The lowest BCUT2D eigenvalue weighted by Gasteiger charge is -2.35. The SMILES string of the molecule is CCOC1CC(NS(=O)(=O)CCOc2ccccc2N)C1. The Morgan fingerprint density at radius 3 is 2.71 bits per heavy atom. The monoisotopic (exact) mass is 314 g/mol. The molecule has 1 aliphatic carbocycles. The molecule has 118 valence electrons. The maximum Gasteiger partial charge on any atom is 0.215 e. The van der Waals surface area contributed by atoms with E-state index in [0.29, 0.717) is 18.0 Å². The molecule has 0 aromatic heterocycles. The zero-order valence-corrected chi connectivity index (χ0v) is 12.9. The van der Waals surface area contributed by atoms with E-state index in [1.165, 1.54) is 0 Å². The van der Waals surface area contributed by atoms with E-state index in [1.54, 1.807) is 24.3 Å². The zero-order valence-electron chi connectivity index (χ0n) is 12.1. The van der Waals surface area contributed by atoms with E-state index in [-0.39, 0.29) is 24.5 Å². The molecule has 7 heteroatoms. The third kappa shape index (κ3) is 4.87. The van der Waals surface area contributed by atoms with Gasteiger partial charge in [0, 0.05) is 12.6 Å². The van der Waals surface area contributed by atoms with Gasteiger partial charge in [0.2, 0.25) is 10.0 Å². The van der Waals surface area contributed by atoms with Gasteiger partial charge in [0.05, 0.1) is 17.5 Å². The highest BCUT2D eigenvalue weighted by Crippen LogP contribution is 2.24. The summed E-state index contributed by atoms with van der Waals surface area (Å²) in [6.45, 7) is 2.67. The molecule has 0 amide bonds. The number of rotatable bonds is 8. The van der Waals surface area contributed by atoms with Gasteiger partial charge in [-0.3, -0.25) is 0 Å². The highest BCUT2D eigenvalue weighted by Gasteiger charge is 2.32. The zero-order chi connectivity index (χ0) is 15.3. The first-order valence-corrected chi connectivity index (χ1v) is 8.74. The van der Waals surface area contributed by atoms with Gasteiger partial charge < -0.3 is 15.2 Å². The van der Waals surface area contributed by atoms with E-state index in [2.05, 4.69) is 4.72 Å². The third-order valence-corrected chi connectivity index (χ3v) is 4.77. The van der Waals surface area contributed by atoms with E-state index in [0.717, 1.165) is 12.8 Å². The van der Waals surface area contributed by atoms with Crippen molar-refractivity contribution >= 4 is 15.7 Å². The predicted molar refractivity (Wildman–Crippen MR) is 81.7 cm³/mol. The Morgan fingerprint density at radius 1 is 1.33 bits per heavy atom. The molecule has 2 rings (SSSR count). The number of hydrogen-bond acceptors (Lipinski definition) is 5. The first-order chi connectivity index (χ1) is 10.00. The molecular formula is C14H22N2O4S. The van der Waals surface area contributed by atoms with Crippen molar-refractivity contribution in [3.05, 3.63) is 24.3 Å². The molecule has 0 atom stereocenters. The van der Waals surface area contributed by atoms with Crippen LogP contribution in [-0.4, -0.2) is 39.5 Å². The number of nitrogen functional groups attached to an aromatic ring is 1. The minimum absolute atomic E-state index is 0.0201. The molecular weight excluding hydrogens is 292 g/mol. The van der Waals surface area contributed by atoms with Crippen LogP contribution in [0.25, 0.3) is 0 Å². The van der Waals surface area contributed by atoms with Crippen LogP contribution in [0.1, 0.15) is 19.8 Å². The summed E-state index contributed by atoms with van der Waals surface area (Å²) in [6, 6.07) is 7.00. The number of anilines is 1. The number of para-hydroxylation sites is 2. The van der Waals surface area contributed by atoms with Crippen molar-refractivity contribution in [2.24, 2.45) is 0 Å². The molecule has 0 bridgehead atoms. The van der Waals surface area contributed by atoms with Crippen molar-refractivity contribution in [3.63, 3.8) is 0 Å². The van der Waals surface area contributed by atoms with Crippen LogP contribution in [0, 0.1) is 0 Å². The van der Waals surface area contributed by atoms with Crippen molar-refractivity contribution in [2.75, 3.05) is 24.7 Å². The largest absolute Gasteiger partial charge is 0.490 e. The lowest BCUT2D eigenvalue weighted by atomic mass is 9.90. The quantitative estimate of drug-likeness (QED) is 0.702. The van der Waals surface area contributed by atoms with Gasteiger partial charge in [-0.25, -0.2) is 13.1 Å². The van der Waals surface area contributed by atoms with Crippen LogP contribution >= 0.6 is 0 Å². The summed E-state index contributed by atoms with van der Waals surface area (Å²) in [5.74, 6) is 0.421. The Morgan fingerprint density at radius 2 is 2.05 bits per heavy atom. The Kier molecular flexibility index (Phi) is 5.44. The van der Waals surface area contributed by atoms with E-state index in [4.69, 9.17) is 15.2 Å². The smallest absolute Gasteiger partial charge is 0.215 e. The fourth-order valence-electron chi connectivity index (χ4n) is 2.22. The average Bonchev–Trinajstić information content (AvgIpc) is 2.38. The molecule has 0 spiro atoms. The van der Waals surface area contributed by atoms with Crippen LogP contribution in [-0.2, 0) is 14.8 Å². The standard InChI is InChI=1S/C14H22N2O4S/c1-2-19-12-9-11(10-12)16-21(17,18)8-7-20-14-6-4-3-5-13(14)15/h3-6,11-12,16H,2,7-10,15H2,1H3. The van der Waals surface area contributed by atoms with Gasteiger partial charge in [0.1, 0.15) is 12.4 Å². The lowest BCUT2D eigenvalue weighted by molar-refractivity contribution is -0.00476. The maximum atomic E-state index is 11.9. The highest BCUT2D eigenvalue weighted by atomic mass is 32.2. The third-order valence-electron chi connectivity index (χ3n) is 3.37. The molecule has 1 aromatic carbocycles. The highest BCUT2D eigenvalue weighted by molar-refractivity contribution is 7.89. The van der Waals surface area contributed by atoms with Crippen LogP contribution in [0.15, 0.2) is 24.3 Å². The molecule has 21 heavy (non-hydrogen) atoms. The molecule has 0 aliphatic heterocycles. The van der Waals surface area contributed by atoms with Gasteiger partial charge in [-0.15, -0.1) is 0 Å². The van der Waals surface area contributed by atoms with Crippen molar-refractivity contribution < 1.29 is 17.9 Å². The van der Waals surface area contributed by atoms with Crippen LogP contribution in [0.4, 0.5) is 5.69 Å². The molecule has 3 N–H and O–H groups in total. The van der Waals surface area contributed by atoms with Gasteiger partial charge >= 0.3 is 0 Å². The Balaban J connectivity index is 1.71. The molecule has 1 aromatic rings. The second kappa shape index (κ2) is 7.11. The van der Waals surface area contributed by atoms with Crippen LogP contribution in [0.2, 0.25) is 0 Å². The first kappa shape index (κ1) is 16.1. The number of nitrogens with one attached hydrogen (secondary N) is 1. The molecule has 0 heterocycles. The molecule has 0 saturated heterocycles. The number of hydrogen-bond donors (Lipinski definition) is 2. The second-order valence-corrected chi connectivity index (χ2v) is 6.94. The van der Waals surface area contributed by atoms with Crippen molar-refractivity contribution in [2.45, 2.75) is 31.9 Å². The summed E-state index contributed by atoms with van der Waals surface area (Å²) in [7, 11) is -3.33. The van der Waals surface area contributed by atoms with E-state index >= 15 is 0 Å². The minimum atomic E-state index is -3.33. The fourth-order valence-corrected chi connectivity index (χ4v) is 3.34. The number of nitrogens with two attached hydrogens (primary N) is 1. The summed E-state index contributed by atoms with van der Waals surface area (Å²) in [5, 5.41) is 0. The van der Waals surface area contributed by atoms with E-state index in [1.807, 2.05) is 6.92 Å². The van der Waals surface area contributed by atoms with Crippen LogP contribution < -0.4 is 15.2 Å². The predicted octanol–water partition coefficient (Wildman–Crippen LogP) is 1.13. The fraction of sp³-hybridized carbons (Fsp3) is 0.571. The number of sulfonamides is 1.